The molecule has 4 aromatic heterocycles. The van der Waals surface area contributed by atoms with Gasteiger partial charge in [-0.15, -0.1) is 0 Å². The lowest BCUT2D eigenvalue weighted by Crippen LogP contribution is -2.25. The van der Waals surface area contributed by atoms with Gasteiger partial charge in [0.2, 0.25) is 11.8 Å². The van der Waals surface area contributed by atoms with E-state index < -0.39 is 46.5 Å². The molecule has 0 atom stereocenters. The van der Waals surface area contributed by atoms with Crippen LogP contribution >= 0.6 is 0 Å². The van der Waals surface area contributed by atoms with Crippen molar-refractivity contribution in [3.63, 3.8) is 0 Å². The molecule has 75 heavy (non-hydrogen) atoms. The first-order valence-electron chi connectivity index (χ1n) is 23.1. The number of ether oxygens (including phenoxy) is 3. The van der Waals surface area contributed by atoms with Gasteiger partial charge in [0.25, 0.3) is 11.8 Å². The van der Waals surface area contributed by atoms with Gasteiger partial charge in [-0.2, -0.15) is 10.2 Å². The Kier molecular flexibility index (Phi) is 16.3. The predicted molar refractivity (Wildman–Crippen MR) is 267 cm³/mol. The zero-order valence-corrected chi connectivity index (χ0v) is 39.6. The van der Waals surface area contributed by atoms with Crippen LogP contribution in [-0.4, -0.2) is 129 Å². The highest BCUT2D eigenvalue weighted by Gasteiger charge is 2.23. The summed E-state index contributed by atoms with van der Waals surface area (Å²) in [5.41, 5.74) is 13.9. The maximum Gasteiger partial charge on any atom is 0.338 e. The number of nitrogens with zero attached hydrogens (tertiary/aromatic N) is 4. The largest absolute Gasteiger partial charge is 0.478 e. The molecule has 0 aliphatic carbocycles. The first kappa shape index (κ1) is 52.0. The maximum absolute atomic E-state index is 14.5. The van der Waals surface area contributed by atoms with Crippen molar-refractivity contribution >= 4 is 57.6 Å². The van der Waals surface area contributed by atoms with Crippen LogP contribution in [0.1, 0.15) is 75.0 Å². The highest BCUT2D eigenvalue weighted by Crippen LogP contribution is 2.34. The SMILES string of the molecule is NC(=O)c1cc(-c2ccc(C(=O)O)c(F)c2)nc2n[nH]c(-c3cccc(C(=O)NCCCOCCOCCOCCCNC(=O)c4cccc(-c5[nH]nc6nc(-c7ccc(C(=O)O)c(F)c7)cc(C(N)=O)c56)c4)c3)c12. The summed E-state index contributed by atoms with van der Waals surface area (Å²) in [6.45, 7) is 2.70. The third-order valence-electron chi connectivity index (χ3n) is 11.6. The molecule has 4 heterocycles. The molecule has 21 nitrogen and oxygen atoms in total. The zero-order valence-electron chi connectivity index (χ0n) is 39.6. The number of hydrogen-bond acceptors (Lipinski definition) is 13. The number of nitrogens with two attached hydrogens (primary N) is 2. The summed E-state index contributed by atoms with van der Waals surface area (Å²) in [6, 6.07) is 22.9. The Hall–Kier alpha value is -9.32. The highest BCUT2D eigenvalue weighted by molar-refractivity contribution is 6.12. The number of fused-ring (bicyclic) bond motifs is 2. The van der Waals surface area contributed by atoms with Crippen molar-refractivity contribution in [1.82, 2.24) is 41.0 Å². The number of carbonyl (C=O) groups excluding carboxylic acids is 4. The topological polar surface area (TPSA) is 330 Å². The van der Waals surface area contributed by atoms with Crippen LogP contribution < -0.4 is 22.1 Å². The Bertz CT molecular complexity index is 3280. The number of H-pyrrole nitrogens is 2. The summed E-state index contributed by atoms with van der Waals surface area (Å²) in [5, 5.41) is 38.8. The van der Waals surface area contributed by atoms with Gasteiger partial charge >= 0.3 is 11.9 Å². The summed E-state index contributed by atoms with van der Waals surface area (Å²) in [6.07, 6.45) is 1.06. The molecule has 8 rings (SSSR count). The summed E-state index contributed by atoms with van der Waals surface area (Å²) < 4.78 is 45.8. The normalized spacial score (nSPS) is 11.2. The summed E-state index contributed by atoms with van der Waals surface area (Å²) in [4.78, 5) is 82.8. The summed E-state index contributed by atoms with van der Waals surface area (Å²) in [5.74, 6) is -7.11. The number of carboxylic acids is 2. The second kappa shape index (κ2) is 23.5. The third kappa shape index (κ3) is 12.1. The number of aromatic amines is 2. The molecule has 0 aliphatic heterocycles. The molecule has 0 saturated heterocycles. The first-order valence-corrected chi connectivity index (χ1v) is 23.1. The number of aromatic carboxylic acids is 2. The summed E-state index contributed by atoms with van der Waals surface area (Å²) in [7, 11) is 0. The van der Waals surface area contributed by atoms with E-state index in [4.69, 9.17) is 25.7 Å². The number of aromatic nitrogens is 6. The van der Waals surface area contributed by atoms with Crippen molar-refractivity contribution in [3.05, 3.63) is 142 Å². The fourth-order valence-corrected chi connectivity index (χ4v) is 7.98. The van der Waals surface area contributed by atoms with Crippen LogP contribution in [0.3, 0.4) is 0 Å². The van der Waals surface area contributed by atoms with E-state index in [-0.39, 0.29) is 67.5 Å². The van der Waals surface area contributed by atoms with Crippen molar-refractivity contribution in [2.75, 3.05) is 52.7 Å². The minimum absolute atomic E-state index is 0.0334. The van der Waals surface area contributed by atoms with Crippen molar-refractivity contribution in [1.29, 1.82) is 0 Å². The monoisotopic (exact) mass is 1020 g/mol. The second-order valence-corrected chi connectivity index (χ2v) is 16.7. The fourth-order valence-electron chi connectivity index (χ4n) is 7.98. The smallest absolute Gasteiger partial charge is 0.338 e. The molecule has 10 N–H and O–H groups in total. The molecule has 384 valence electrons. The lowest BCUT2D eigenvalue weighted by atomic mass is 10.00. The van der Waals surface area contributed by atoms with Gasteiger partial charge in [0.15, 0.2) is 11.3 Å². The number of amides is 4. The summed E-state index contributed by atoms with van der Waals surface area (Å²) >= 11 is 0. The van der Waals surface area contributed by atoms with Gasteiger partial charge in [-0.3, -0.25) is 29.4 Å². The van der Waals surface area contributed by atoms with E-state index in [1.54, 1.807) is 48.5 Å². The molecule has 8 aromatic rings. The zero-order chi connectivity index (χ0) is 53.2. The number of carbonyl (C=O) groups is 6. The van der Waals surface area contributed by atoms with Gasteiger partial charge in [-0.05, 0) is 73.5 Å². The molecular weight excluding hydrogens is 979 g/mol. The number of halogens is 2. The van der Waals surface area contributed by atoms with Crippen LogP contribution in [0.5, 0.6) is 0 Å². The van der Waals surface area contributed by atoms with E-state index >= 15 is 0 Å². The molecular formula is C52H46F2N10O11. The molecule has 0 fully saturated rings. The number of pyridine rings is 2. The number of primary amides is 2. The molecule has 4 amide bonds. The molecule has 0 radical (unpaired) electrons. The van der Waals surface area contributed by atoms with Crippen molar-refractivity contribution in [3.8, 4) is 45.0 Å². The molecule has 0 unspecified atom stereocenters. The minimum Gasteiger partial charge on any atom is -0.478 e. The van der Waals surface area contributed by atoms with E-state index in [0.29, 0.717) is 99.2 Å². The molecule has 0 saturated carbocycles. The number of nitrogens with one attached hydrogen (secondary N) is 4. The van der Waals surface area contributed by atoms with Gasteiger partial charge < -0.3 is 46.5 Å². The quantitative estimate of drug-likeness (QED) is 0.0334. The van der Waals surface area contributed by atoms with Crippen LogP contribution in [0.4, 0.5) is 8.78 Å². The van der Waals surface area contributed by atoms with Crippen molar-refractivity contribution < 1.29 is 62.0 Å². The minimum atomic E-state index is -1.43. The van der Waals surface area contributed by atoms with Crippen LogP contribution in [0, 0.1) is 11.6 Å². The van der Waals surface area contributed by atoms with Crippen LogP contribution in [0.2, 0.25) is 0 Å². The molecule has 23 heteroatoms. The molecule has 0 spiro atoms. The third-order valence-corrected chi connectivity index (χ3v) is 11.6. The standard InChI is InChI=1S/C52H46F2N10O11/c53-37-23-27(9-11-33(37)51(69)70)39-25-35(45(55)65)41-43(61-63-47(41)59-39)29-5-1-7-31(21-29)49(67)57-13-3-15-73-17-19-75-20-18-74-16-4-14-58-50(68)32-8-2-6-30(22-32)44-42-36(46(56)66)26-40(60-48(42)64-62-44)28-10-12-34(52(71)72)38(54)24-28/h1-2,5-12,21-26H,3-4,13-20H2,(H2,55,65)(H2,56,66)(H,57,67)(H,58,68)(H,69,70)(H,71,72)(H,59,61,63)(H,60,62,64). The van der Waals surface area contributed by atoms with Gasteiger partial charge in [0, 0.05) is 59.7 Å². The fraction of sp³-hybridized carbons (Fsp3) is 0.192. The van der Waals surface area contributed by atoms with Crippen LogP contribution in [0.25, 0.3) is 67.1 Å². The van der Waals surface area contributed by atoms with E-state index in [2.05, 4.69) is 41.0 Å². The van der Waals surface area contributed by atoms with Gasteiger partial charge in [0.1, 0.15) is 11.6 Å². The Labute approximate surface area is 423 Å². The van der Waals surface area contributed by atoms with Crippen LogP contribution in [0.15, 0.2) is 97.1 Å². The van der Waals surface area contributed by atoms with E-state index in [1.807, 2.05) is 0 Å². The second-order valence-electron chi connectivity index (χ2n) is 16.7. The van der Waals surface area contributed by atoms with E-state index in [1.165, 1.54) is 24.3 Å². The van der Waals surface area contributed by atoms with Gasteiger partial charge in [-0.1, -0.05) is 36.4 Å². The predicted octanol–water partition coefficient (Wildman–Crippen LogP) is 5.76. The van der Waals surface area contributed by atoms with Crippen LogP contribution in [-0.2, 0) is 14.2 Å². The highest BCUT2D eigenvalue weighted by atomic mass is 19.1. The number of rotatable bonds is 24. The Balaban J connectivity index is 0.712. The van der Waals surface area contributed by atoms with Gasteiger partial charge in [-0.25, -0.2) is 28.3 Å². The Morgan fingerprint density at radius 3 is 1.28 bits per heavy atom. The Morgan fingerprint density at radius 2 is 0.907 bits per heavy atom. The Morgan fingerprint density at radius 1 is 0.507 bits per heavy atom. The average molecular weight is 1020 g/mol. The lowest BCUT2D eigenvalue weighted by Gasteiger charge is -2.09. The molecule has 4 aromatic carbocycles. The van der Waals surface area contributed by atoms with Crippen molar-refractivity contribution in [2.24, 2.45) is 11.5 Å². The van der Waals surface area contributed by atoms with E-state index in [0.717, 1.165) is 24.3 Å². The lowest BCUT2D eigenvalue weighted by molar-refractivity contribution is 0.0139. The average Bonchev–Trinajstić information content (AvgIpc) is 4.04. The number of hydrogen-bond donors (Lipinski definition) is 8. The first-order chi connectivity index (χ1) is 36.2. The molecule has 0 bridgehead atoms. The maximum atomic E-state index is 14.5. The molecule has 0 aliphatic rings. The van der Waals surface area contributed by atoms with Gasteiger partial charge in [0.05, 0.1) is 82.2 Å². The van der Waals surface area contributed by atoms with E-state index in [9.17, 15) is 47.8 Å². The number of benzene rings is 4. The number of carboxylic acid groups (broad SMARTS) is 2. The van der Waals surface area contributed by atoms with Crippen molar-refractivity contribution in [2.45, 2.75) is 12.8 Å².